The smallest absolute Gasteiger partial charge is 0.164 e. The van der Waals surface area contributed by atoms with Gasteiger partial charge in [0.15, 0.2) is 17.5 Å². The van der Waals surface area contributed by atoms with Gasteiger partial charge in [0.1, 0.15) is 0 Å². The lowest BCUT2D eigenvalue weighted by molar-refractivity contribution is 1.07. The summed E-state index contributed by atoms with van der Waals surface area (Å²) in [5.74, 6) is 0.536. The Morgan fingerprint density at radius 2 is 0.808 bits per heavy atom. The first kappa shape index (κ1) is 25.5. The molecule has 0 aliphatic rings. The molecule has 0 fully saturated rings. The van der Waals surface area contributed by atoms with E-state index in [1.165, 1.54) is 10.4 Å². The van der Waals surface area contributed by atoms with Crippen LogP contribution in [0.15, 0.2) is 151 Å². The Kier molecular flexibility index (Phi) is 6.48. The number of hydrogen-bond acceptors (Lipinski definition) is 3. The Balaban J connectivity index is 1.37. The van der Waals surface area contributed by atoms with Crippen molar-refractivity contribution in [2.45, 2.75) is 39.3 Å². The van der Waals surface area contributed by atoms with Crippen molar-refractivity contribution >= 4 is 48.1 Å². The number of benzene rings is 7. The fraction of sp³-hybridized carbons (Fsp3) is 0.128. The molecule has 0 aliphatic carbocycles. The summed E-state index contributed by atoms with van der Waals surface area (Å²) < 4.78 is 73.5. The molecule has 0 amide bonds. The van der Waals surface area contributed by atoms with E-state index in [4.69, 9.17) is 23.2 Å². The topological polar surface area (TPSA) is 38.7 Å². The molecule has 0 bridgehead atoms. The lowest BCUT2D eigenvalue weighted by Gasteiger charge is -2.17. The maximum absolute atomic E-state index is 9.65. The molecule has 0 saturated carbocycles. The lowest BCUT2D eigenvalue weighted by Crippen LogP contribution is -2.37. The molecule has 7 aromatic carbocycles. The third kappa shape index (κ3) is 6.77. The van der Waals surface area contributed by atoms with Gasteiger partial charge >= 0.3 is 0 Å². The summed E-state index contributed by atoms with van der Waals surface area (Å²) in [5.41, 5.74) is 1.25. The van der Waals surface area contributed by atoms with E-state index in [2.05, 4.69) is 63.5 Å². The van der Waals surface area contributed by atoms with E-state index in [0.717, 1.165) is 21.5 Å². The van der Waals surface area contributed by atoms with Crippen LogP contribution in [-0.4, -0.2) is 31.1 Å². The maximum Gasteiger partial charge on any atom is 0.164 e. The average Bonchev–Trinajstić information content (AvgIpc) is 3.22. The molecule has 3 nitrogen and oxygen atoms in total. The minimum absolute atomic E-state index is 0.0637. The van der Waals surface area contributed by atoms with Crippen LogP contribution in [0.4, 0.5) is 0 Å². The Labute approximate surface area is 320 Å². The number of nitrogens with zero attached hydrogens (tertiary/aromatic N) is 3. The minimum atomic E-state index is -1.63. The van der Waals surface area contributed by atoms with Crippen LogP contribution in [-0.2, 0) is 0 Å². The number of rotatable bonds is 7. The first-order chi connectivity index (χ1) is 28.3. The van der Waals surface area contributed by atoms with Crippen LogP contribution >= 0.6 is 0 Å². The number of aromatic nitrogens is 3. The highest BCUT2D eigenvalue weighted by atomic mass is 28.3. The molecule has 0 unspecified atom stereocenters. The Hall–Kier alpha value is -5.50. The van der Waals surface area contributed by atoms with Crippen molar-refractivity contribution in [3.63, 3.8) is 0 Å². The fourth-order valence-electron chi connectivity index (χ4n) is 6.34. The van der Waals surface area contributed by atoms with Crippen molar-refractivity contribution in [1.29, 1.82) is 0 Å². The van der Waals surface area contributed by atoms with E-state index in [-0.39, 0.29) is 40.2 Å². The maximum atomic E-state index is 9.65. The van der Waals surface area contributed by atoms with E-state index in [1.807, 2.05) is 72.8 Å². The zero-order chi connectivity index (χ0) is 43.0. The van der Waals surface area contributed by atoms with Gasteiger partial charge in [-0.25, -0.2) is 15.0 Å². The van der Waals surface area contributed by atoms with Crippen LogP contribution in [0.25, 0.3) is 78.0 Å². The van der Waals surface area contributed by atoms with E-state index in [9.17, 15) is 2.74 Å². The van der Waals surface area contributed by atoms with Gasteiger partial charge in [0.25, 0.3) is 0 Å². The standard InChI is InChI=1S/C47H43N3Si2/c1-51(2,3)41-25-21-34(22-26-41)45-48-46(35-23-27-42(28-24-35)52(4,5)6)50-47(49-45)40-15-10-14-38(30-40)36-12-9-13-37(29-36)39-20-19-33-18-17-32-11-7-8-16-43(32)44(33)31-39/h7-31H,1-6H3/i9D,10D,12D,13D,14D,15D,29D,30D. The minimum Gasteiger partial charge on any atom is -0.208 e. The highest BCUT2D eigenvalue weighted by molar-refractivity contribution is 6.89. The molecule has 8 aromatic rings. The summed E-state index contributed by atoms with van der Waals surface area (Å²) in [6.07, 6.45) is 0. The molecule has 52 heavy (non-hydrogen) atoms. The second-order valence-electron chi connectivity index (χ2n) is 15.2. The van der Waals surface area contributed by atoms with Crippen LogP contribution in [0, 0.1) is 0 Å². The molecule has 0 aliphatic heterocycles. The van der Waals surface area contributed by atoms with Gasteiger partial charge in [-0.15, -0.1) is 0 Å². The average molecular weight is 714 g/mol. The van der Waals surface area contributed by atoms with Gasteiger partial charge in [0, 0.05) is 16.7 Å². The summed E-state index contributed by atoms with van der Waals surface area (Å²) in [4.78, 5) is 14.5. The zero-order valence-electron chi connectivity index (χ0n) is 38.2. The van der Waals surface area contributed by atoms with Crippen LogP contribution < -0.4 is 10.4 Å². The highest BCUT2D eigenvalue weighted by Crippen LogP contribution is 2.33. The summed E-state index contributed by atoms with van der Waals surface area (Å²) >= 11 is 0. The van der Waals surface area contributed by atoms with Crippen LogP contribution in [0.1, 0.15) is 11.0 Å². The zero-order valence-corrected chi connectivity index (χ0v) is 32.2. The van der Waals surface area contributed by atoms with Gasteiger partial charge in [-0.3, -0.25) is 0 Å². The first-order valence-corrected chi connectivity index (χ1v) is 24.5. The molecule has 0 saturated heterocycles. The van der Waals surface area contributed by atoms with Gasteiger partial charge in [-0.2, -0.15) is 0 Å². The van der Waals surface area contributed by atoms with Gasteiger partial charge in [0.2, 0.25) is 0 Å². The summed E-state index contributed by atoms with van der Waals surface area (Å²) in [5, 5.41) is 6.33. The third-order valence-corrected chi connectivity index (χ3v) is 13.5. The quantitative estimate of drug-likeness (QED) is 0.122. The summed E-state index contributed by atoms with van der Waals surface area (Å²) in [6, 6.07) is 29.9. The molecule has 8 rings (SSSR count). The van der Waals surface area contributed by atoms with E-state index < -0.39 is 52.4 Å². The SMILES string of the molecule is [2H]c1c([2H])c(-c2ccc3ccc4ccccc4c3c2)c([2H])c(-c2c([2H])c([2H])c([2H])c(-c3nc(-c4ccc([Si](C)(C)C)cc4)nc(-c4ccc([Si](C)(C)C)cc4)n3)c2[2H])c1[2H]. The normalized spacial score (nSPS) is 14.2. The van der Waals surface area contributed by atoms with Crippen molar-refractivity contribution in [2.24, 2.45) is 0 Å². The monoisotopic (exact) mass is 713 g/mol. The molecule has 1 aromatic heterocycles. The van der Waals surface area contributed by atoms with E-state index in [1.54, 1.807) is 6.07 Å². The molecule has 0 atom stereocenters. The molecular weight excluding hydrogens is 663 g/mol. The molecule has 5 heteroatoms. The number of fused-ring (bicyclic) bond motifs is 3. The van der Waals surface area contributed by atoms with Gasteiger partial charge in [-0.1, -0.05) is 183 Å². The summed E-state index contributed by atoms with van der Waals surface area (Å²) in [7, 11) is -3.26. The first-order valence-electron chi connectivity index (χ1n) is 21.5. The Morgan fingerprint density at radius 3 is 1.35 bits per heavy atom. The Morgan fingerprint density at radius 1 is 0.404 bits per heavy atom. The van der Waals surface area contributed by atoms with Gasteiger partial charge < -0.3 is 0 Å². The fourth-order valence-corrected chi connectivity index (χ4v) is 8.67. The predicted octanol–water partition coefficient (Wildman–Crippen LogP) is 11.6. The second-order valence-corrected chi connectivity index (χ2v) is 25.3. The van der Waals surface area contributed by atoms with Crippen LogP contribution in [0.2, 0.25) is 39.3 Å². The molecule has 1 heterocycles. The van der Waals surface area contributed by atoms with Gasteiger partial charge in [0.05, 0.1) is 27.1 Å². The molecule has 0 spiro atoms. The molecule has 0 radical (unpaired) electrons. The predicted molar refractivity (Wildman–Crippen MR) is 228 cm³/mol. The molecular formula is C47H43N3Si2. The van der Waals surface area contributed by atoms with Crippen molar-refractivity contribution in [3.05, 3.63) is 151 Å². The van der Waals surface area contributed by atoms with Crippen LogP contribution in [0.5, 0.6) is 0 Å². The lowest BCUT2D eigenvalue weighted by atomic mass is 9.95. The second kappa shape index (κ2) is 13.2. The van der Waals surface area contributed by atoms with E-state index in [0.29, 0.717) is 28.3 Å². The van der Waals surface area contributed by atoms with Crippen molar-refractivity contribution in [3.8, 4) is 56.4 Å². The summed E-state index contributed by atoms with van der Waals surface area (Å²) in [6.45, 7) is 13.6. The molecule has 254 valence electrons. The van der Waals surface area contributed by atoms with Gasteiger partial charge in [-0.05, 0) is 61.9 Å². The highest BCUT2D eigenvalue weighted by Gasteiger charge is 2.19. The van der Waals surface area contributed by atoms with Crippen molar-refractivity contribution in [1.82, 2.24) is 15.0 Å². The molecule has 0 N–H and O–H groups in total. The number of hydrogen-bond donors (Lipinski definition) is 0. The van der Waals surface area contributed by atoms with Crippen molar-refractivity contribution in [2.75, 3.05) is 0 Å². The van der Waals surface area contributed by atoms with Crippen molar-refractivity contribution < 1.29 is 11.0 Å². The van der Waals surface area contributed by atoms with E-state index >= 15 is 0 Å². The Bertz CT molecular complexity index is 2960. The largest absolute Gasteiger partial charge is 0.208 e. The third-order valence-electron chi connectivity index (χ3n) is 9.41. The van der Waals surface area contributed by atoms with Crippen LogP contribution in [0.3, 0.4) is 0 Å².